The summed E-state index contributed by atoms with van der Waals surface area (Å²) in [6.45, 7) is 0.476. The van der Waals surface area contributed by atoms with Gasteiger partial charge in [0.2, 0.25) is 11.1 Å². The van der Waals surface area contributed by atoms with Crippen LogP contribution in [-0.2, 0) is 11.2 Å². The molecule has 1 amide bonds. The fourth-order valence-electron chi connectivity index (χ4n) is 2.22. The maximum Gasteiger partial charge on any atom is 0.230 e. The SMILES string of the molecule is O=C(CSc1nnnn1-c1cccc(Cl)c1)NCCc1ccc(F)cc1. The topological polar surface area (TPSA) is 72.7 Å². The van der Waals surface area contributed by atoms with Crippen molar-refractivity contribution in [3.63, 3.8) is 0 Å². The average Bonchev–Trinajstić information content (AvgIpc) is 3.10. The third-order valence-electron chi connectivity index (χ3n) is 3.48. The first-order valence-corrected chi connectivity index (χ1v) is 9.16. The van der Waals surface area contributed by atoms with E-state index < -0.39 is 0 Å². The number of rotatable bonds is 7. The van der Waals surface area contributed by atoms with Gasteiger partial charge < -0.3 is 5.32 Å². The van der Waals surface area contributed by atoms with Gasteiger partial charge in [-0.2, -0.15) is 4.68 Å². The molecule has 0 saturated heterocycles. The maximum absolute atomic E-state index is 12.9. The standard InChI is InChI=1S/C17H15ClFN5OS/c18-13-2-1-3-15(10-13)24-17(21-22-23-24)26-11-16(25)20-9-8-12-4-6-14(19)7-5-12/h1-7,10H,8-9,11H2,(H,20,25). The molecule has 1 N–H and O–H groups in total. The number of benzene rings is 2. The second-order valence-electron chi connectivity index (χ2n) is 5.37. The van der Waals surface area contributed by atoms with Crippen LogP contribution in [0.2, 0.25) is 5.02 Å². The fourth-order valence-corrected chi connectivity index (χ4v) is 3.12. The first-order chi connectivity index (χ1) is 12.6. The van der Waals surface area contributed by atoms with Gasteiger partial charge in [0.15, 0.2) is 0 Å². The van der Waals surface area contributed by atoms with E-state index in [-0.39, 0.29) is 17.5 Å². The minimum absolute atomic E-state index is 0.127. The Hall–Kier alpha value is -2.45. The van der Waals surface area contributed by atoms with Gasteiger partial charge in [0.1, 0.15) is 5.82 Å². The molecule has 3 aromatic rings. The highest BCUT2D eigenvalue weighted by atomic mass is 35.5. The van der Waals surface area contributed by atoms with Crippen LogP contribution in [0.1, 0.15) is 5.56 Å². The number of amides is 1. The van der Waals surface area contributed by atoms with Gasteiger partial charge in [-0.15, -0.1) is 5.10 Å². The van der Waals surface area contributed by atoms with E-state index >= 15 is 0 Å². The Morgan fingerprint density at radius 2 is 2.04 bits per heavy atom. The predicted molar refractivity (Wildman–Crippen MR) is 98.0 cm³/mol. The third kappa shape index (κ3) is 5.03. The van der Waals surface area contributed by atoms with Crippen molar-refractivity contribution in [2.24, 2.45) is 0 Å². The zero-order valence-corrected chi connectivity index (χ0v) is 15.2. The molecule has 26 heavy (non-hydrogen) atoms. The van der Waals surface area contributed by atoms with Crippen LogP contribution in [0, 0.1) is 5.82 Å². The second-order valence-corrected chi connectivity index (χ2v) is 6.75. The van der Waals surface area contributed by atoms with Gasteiger partial charge in [-0.3, -0.25) is 4.79 Å². The molecule has 0 spiro atoms. The molecule has 0 bridgehead atoms. The summed E-state index contributed by atoms with van der Waals surface area (Å²) in [7, 11) is 0. The van der Waals surface area contributed by atoms with Crippen molar-refractivity contribution in [2.75, 3.05) is 12.3 Å². The van der Waals surface area contributed by atoms with E-state index in [0.717, 1.165) is 11.3 Å². The average molecular weight is 392 g/mol. The van der Waals surface area contributed by atoms with Crippen molar-refractivity contribution in [1.29, 1.82) is 0 Å². The van der Waals surface area contributed by atoms with Crippen molar-refractivity contribution in [2.45, 2.75) is 11.6 Å². The van der Waals surface area contributed by atoms with Crippen LogP contribution >= 0.6 is 23.4 Å². The monoisotopic (exact) mass is 391 g/mol. The largest absolute Gasteiger partial charge is 0.355 e. The lowest BCUT2D eigenvalue weighted by Gasteiger charge is -2.06. The molecular weight excluding hydrogens is 377 g/mol. The Kier molecular flexibility index (Phi) is 6.19. The second kappa shape index (κ2) is 8.77. The number of nitrogens with one attached hydrogen (secondary N) is 1. The van der Waals surface area contributed by atoms with Gasteiger partial charge in [0, 0.05) is 11.6 Å². The number of thioether (sulfide) groups is 1. The quantitative estimate of drug-likeness (QED) is 0.627. The van der Waals surface area contributed by atoms with Crippen LogP contribution in [0.4, 0.5) is 4.39 Å². The maximum atomic E-state index is 12.9. The Morgan fingerprint density at radius 1 is 1.23 bits per heavy atom. The Morgan fingerprint density at radius 3 is 2.81 bits per heavy atom. The van der Waals surface area contributed by atoms with E-state index in [1.807, 2.05) is 6.07 Å². The smallest absolute Gasteiger partial charge is 0.230 e. The van der Waals surface area contributed by atoms with Crippen LogP contribution in [0.15, 0.2) is 53.7 Å². The number of hydrogen-bond donors (Lipinski definition) is 1. The highest BCUT2D eigenvalue weighted by Crippen LogP contribution is 2.20. The minimum Gasteiger partial charge on any atom is -0.355 e. The van der Waals surface area contributed by atoms with E-state index in [1.54, 1.807) is 30.3 Å². The van der Waals surface area contributed by atoms with Crippen molar-refractivity contribution in [3.05, 3.63) is 64.9 Å². The van der Waals surface area contributed by atoms with Crippen LogP contribution in [-0.4, -0.2) is 38.4 Å². The molecule has 0 aliphatic carbocycles. The highest BCUT2D eigenvalue weighted by molar-refractivity contribution is 7.99. The van der Waals surface area contributed by atoms with Gasteiger partial charge in [0.05, 0.1) is 11.4 Å². The summed E-state index contributed by atoms with van der Waals surface area (Å²) in [6.07, 6.45) is 0.636. The van der Waals surface area contributed by atoms with Gasteiger partial charge in [-0.1, -0.05) is 41.6 Å². The summed E-state index contributed by atoms with van der Waals surface area (Å²) in [5.74, 6) is -0.214. The van der Waals surface area contributed by atoms with Gasteiger partial charge in [-0.25, -0.2) is 4.39 Å². The summed E-state index contributed by atoms with van der Waals surface area (Å²) in [4.78, 5) is 12.0. The number of halogens is 2. The zero-order valence-electron chi connectivity index (χ0n) is 13.6. The van der Waals surface area contributed by atoms with Crippen LogP contribution in [0.25, 0.3) is 5.69 Å². The van der Waals surface area contributed by atoms with Crippen LogP contribution < -0.4 is 5.32 Å². The number of tetrazole rings is 1. The van der Waals surface area contributed by atoms with E-state index in [1.165, 1.54) is 28.6 Å². The number of aromatic nitrogens is 4. The predicted octanol–water partition coefficient (Wildman–Crippen LogP) is 2.91. The lowest BCUT2D eigenvalue weighted by atomic mass is 10.1. The van der Waals surface area contributed by atoms with Crippen LogP contribution in [0.3, 0.4) is 0 Å². The molecule has 0 saturated carbocycles. The van der Waals surface area contributed by atoms with Crippen LogP contribution in [0.5, 0.6) is 0 Å². The molecule has 1 heterocycles. The molecule has 0 aliphatic rings. The van der Waals surface area contributed by atoms with E-state index in [2.05, 4.69) is 20.8 Å². The Balaban J connectivity index is 1.49. The summed E-state index contributed by atoms with van der Waals surface area (Å²) >= 11 is 7.22. The summed E-state index contributed by atoms with van der Waals surface area (Å²) in [5.41, 5.74) is 1.69. The number of carbonyl (C=O) groups is 1. The highest BCUT2D eigenvalue weighted by Gasteiger charge is 2.11. The number of nitrogens with zero attached hydrogens (tertiary/aromatic N) is 4. The first kappa shape index (κ1) is 18.3. The van der Waals surface area contributed by atoms with Gasteiger partial charge >= 0.3 is 0 Å². The van der Waals surface area contributed by atoms with Crippen molar-refractivity contribution in [3.8, 4) is 5.69 Å². The zero-order chi connectivity index (χ0) is 18.4. The molecule has 1 aromatic heterocycles. The normalized spacial score (nSPS) is 10.7. The van der Waals surface area contributed by atoms with E-state index in [0.29, 0.717) is 23.1 Å². The molecular formula is C17H15ClFN5OS. The Bertz CT molecular complexity index is 887. The summed E-state index contributed by atoms with van der Waals surface area (Å²) in [5, 5.41) is 15.4. The molecule has 0 aliphatic heterocycles. The van der Waals surface area contributed by atoms with Gasteiger partial charge in [0.25, 0.3) is 0 Å². The third-order valence-corrected chi connectivity index (χ3v) is 4.63. The van der Waals surface area contributed by atoms with E-state index in [4.69, 9.17) is 11.6 Å². The van der Waals surface area contributed by atoms with Crippen molar-refractivity contribution in [1.82, 2.24) is 25.5 Å². The van der Waals surface area contributed by atoms with E-state index in [9.17, 15) is 9.18 Å². The summed E-state index contributed by atoms with van der Waals surface area (Å²) < 4.78 is 14.4. The number of carbonyl (C=O) groups excluding carboxylic acids is 1. The molecule has 0 unspecified atom stereocenters. The van der Waals surface area contributed by atoms with Gasteiger partial charge in [-0.05, 0) is 52.7 Å². The molecule has 134 valence electrons. The number of hydrogen-bond acceptors (Lipinski definition) is 5. The molecule has 2 aromatic carbocycles. The molecule has 6 nitrogen and oxygen atoms in total. The molecule has 9 heteroatoms. The molecule has 0 fully saturated rings. The minimum atomic E-state index is -0.272. The lowest BCUT2D eigenvalue weighted by Crippen LogP contribution is -2.27. The molecule has 3 rings (SSSR count). The Labute approximate surface area is 158 Å². The molecule has 0 atom stereocenters. The first-order valence-electron chi connectivity index (χ1n) is 7.80. The van der Waals surface area contributed by atoms with Crippen molar-refractivity contribution >= 4 is 29.3 Å². The fraction of sp³-hybridized carbons (Fsp3) is 0.176. The lowest BCUT2D eigenvalue weighted by molar-refractivity contribution is -0.118. The van der Waals surface area contributed by atoms with Crippen molar-refractivity contribution < 1.29 is 9.18 Å². The summed E-state index contributed by atoms with van der Waals surface area (Å²) in [6, 6.07) is 13.3. The molecule has 0 radical (unpaired) electrons.